The van der Waals surface area contributed by atoms with Gasteiger partial charge in [-0.15, -0.1) is 0 Å². The number of nitrogen functional groups attached to an aromatic ring is 1. The number of para-hydroxylation sites is 1. The van der Waals surface area contributed by atoms with Gasteiger partial charge in [0.25, 0.3) is 0 Å². The maximum Gasteiger partial charge on any atom is 0.222 e. The van der Waals surface area contributed by atoms with E-state index >= 15 is 0 Å². The minimum Gasteiger partial charge on any atom is -0.493 e. The number of nitrogens with two attached hydrogens (primary N) is 1. The van der Waals surface area contributed by atoms with Crippen molar-refractivity contribution >= 4 is 11.8 Å². The molecule has 0 amide bonds. The third kappa shape index (κ3) is 2.47. The Balaban J connectivity index is 1.67. The lowest BCUT2D eigenvalue weighted by molar-refractivity contribution is 0.0816. The zero-order chi connectivity index (χ0) is 16.7. The maximum atomic E-state index is 10.2. The monoisotopic (exact) mass is 326 g/mol. The van der Waals surface area contributed by atoms with Crippen molar-refractivity contribution in [1.82, 2.24) is 9.97 Å². The van der Waals surface area contributed by atoms with Gasteiger partial charge in [-0.05, 0) is 25.0 Å². The predicted octanol–water partition coefficient (Wildman–Crippen LogP) is 1.42. The van der Waals surface area contributed by atoms with E-state index in [2.05, 4.69) is 20.9 Å². The van der Waals surface area contributed by atoms with Crippen LogP contribution in [0.25, 0.3) is 0 Å². The number of aliphatic hydroxyl groups is 1. The lowest BCUT2D eigenvalue weighted by Gasteiger charge is -2.30. The molecule has 3 N–H and O–H groups in total. The molecule has 0 spiro atoms. The second-order valence-corrected chi connectivity index (χ2v) is 6.92. The molecule has 0 aliphatic carbocycles. The molecule has 1 fully saturated rings. The zero-order valence-electron chi connectivity index (χ0n) is 13.8. The van der Waals surface area contributed by atoms with E-state index < -0.39 is 0 Å². The largest absolute Gasteiger partial charge is 0.493 e. The molecule has 0 bridgehead atoms. The van der Waals surface area contributed by atoms with Crippen LogP contribution in [0.4, 0.5) is 11.8 Å². The molecular formula is C18H22N4O2. The second kappa shape index (κ2) is 5.63. The third-order valence-corrected chi connectivity index (χ3v) is 5.26. The number of nitrogens with zero attached hydrogens (tertiary/aromatic N) is 3. The summed E-state index contributed by atoms with van der Waals surface area (Å²) in [5.74, 6) is 2.30. The molecule has 2 atom stereocenters. The van der Waals surface area contributed by atoms with Gasteiger partial charge >= 0.3 is 0 Å². The predicted molar refractivity (Wildman–Crippen MR) is 92.0 cm³/mol. The number of fused-ring (bicyclic) bond motifs is 2. The highest BCUT2D eigenvalue weighted by molar-refractivity contribution is 5.46. The minimum absolute atomic E-state index is 0.130. The number of aromatic nitrogens is 2. The van der Waals surface area contributed by atoms with Crippen molar-refractivity contribution in [3.8, 4) is 5.75 Å². The number of hydrogen-bond donors (Lipinski definition) is 2. The number of ether oxygens (including phenoxy) is 1. The Labute approximate surface area is 141 Å². The minimum atomic E-state index is -0.222. The third-order valence-electron chi connectivity index (χ3n) is 5.26. The first-order chi connectivity index (χ1) is 11.6. The summed E-state index contributed by atoms with van der Waals surface area (Å²) in [6, 6.07) is 10.1. The average molecular weight is 326 g/mol. The molecule has 3 heterocycles. The van der Waals surface area contributed by atoms with Gasteiger partial charge in [-0.2, -0.15) is 4.98 Å². The molecule has 6 heteroatoms. The topological polar surface area (TPSA) is 84.5 Å². The van der Waals surface area contributed by atoms with Gasteiger partial charge in [0.2, 0.25) is 5.95 Å². The van der Waals surface area contributed by atoms with Crippen LogP contribution in [0.5, 0.6) is 5.75 Å². The van der Waals surface area contributed by atoms with Crippen LogP contribution in [0.3, 0.4) is 0 Å². The van der Waals surface area contributed by atoms with Gasteiger partial charge in [-0.1, -0.05) is 18.2 Å². The van der Waals surface area contributed by atoms with E-state index in [1.54, 1.807) is 0 Å². The smallest absolute Gasteiger partial charge is 0.222 e. The van der Waals surface area contributed by atoms with Crippen LogP contribution >= 0.6 is 0 Å². The van der Waals surface area contributed by atoms with Crippen LogP contribution < -0.4 is 15.4 Å². The van der Waals surface area contributed by atoms with Crippen LogP contribution in [-0.4, -0.2) is 41.4 Å². The van der Waals surface area contributed by atoms with Crippen molar-refractivity contribution in [1.29, 1.82) is 0 Å². The van der Waals surface area contributed by atoms with Crippen LogP contribution in [0.2, 0.25) is 0 Å². The SMILES string of the molecule is Cc1cc(N2CC3COc4ccccc4CC3(CO)C2)nc(N)n1. The molecule has 2 aromatic rings. The molecular weight excluding hydrogens is 304 g/mol. The van der Waals surface area contributed by atoms with E-state index in [0.29, 0.717) is 6.61 Å². The number of anilines is 2. The molecule has 1 aromatic heterocycles. The molecule has 1 saturated heterocycles. The molecule has 2 aliphatic heterocycles. The number of aryl methyl sites for hydroxylation is 1. The molecule has 126 valence electrons. The van der Waals surface area contributed by atoms with E-state index in [-0.39, 0.29) is 23.9 Å². The fourth-order valence-corrected chi connectivity index (χ4v) is 3.97. The summed E-state index contributed by atoms with van der Waals surface area (Å²) in [6.45, 7) is 4.18. The van der Waals surface area contributed by atoms with Crippen molar-refractivity contribution in [2.45, 2.75) is 13.3 Å². The second-order valence-electron chi connectivity index (χ2n) is 6.92. The first kappa shape index (κ1) is 15.2. The lowest BCUT2D eigenvalue weighted by Crippen LogP contribution is -2.38. The number of rotatable bonds is 2. The standard InChI is InChI=1S/C18H22N4O2/c1-12-6-16(21-17(19)20-12)22-8-14-9-24-15-5-3-2-4-13(15)7-18(14,10-22)11-23/h2-6,14,23H,7-11H2,1H3,(H2,19,20,21). The van der Waals surface area contributed by atoms with Gasteiger partial charge in [0.15, 0.2) is 0 Å². The summed E-state index contributed by atoms with van der Waals surface area (Å²) in [5, 5.41) is 10.2. The van der Waals surface area contributed by atoms with Gasteiger partial charge in [-0.3, -0.25) is 0 Å². The number of benzene rings is 1. The first-order valence-corrected chi connectivity index (χ1v) is 8.27. The van der Waals surface area contributed by atoms with Crippen LogP contribution in [0, 0.1) is 18.3 Å². The van der Waals surface area contributed by atoms with Crippen molar-refractivity contribution in [2.24, 2.45) is 11.3 Å². The molecule has 24 heavy (non-hydrogen) atoms. The molecule has 0 radical (unpaired) electrons. The van der Waals surface area contributed by atoms with Crippen LogP contribution in [-0.2, 0) is 6.42 Å². The Morgan fingerprint density at radius 3 is 3.00 bits per heavy atom. The van der Waals surface area contributed by atoms with E-state index in [9.17, 15) is 5.11 Å². The maximum absolute atomic E-state index is 10.2. The quantitative estimate of drug-likeness (QED) is 0.868. The molecule has 2 aliphatic rings. The number of hydrogen-bond acceptors (Lipinski definition) is 6. The summed E-state index contributed by atoms with van der Waals surface area (Å²) in [7, 11) is 0. The van der Waals surface area contributed by atoms with E-state index in [1.165, 1.54) is 0 Å². The van der Waals surface area contributed by atoms with Crippen LogP contribution in [0.1, 0.15) is 11.3 Å². The fourth-order valence-electron chi connectivity index (χ4n) is 3.97. The Hall–Kier alpha value is -2.34. The highest BCUT2D eigenvalue weighted by Gasteiger charge is 2.48. The van der Waals surface area contributed by atoms with Gasteiger partial charge in [0, 0.05) is 36.2 Å². The Kier molecular flexibility index (Phi) is 3.57. The summed E-state index contributed by atoms with van der Waals surface area (Å²) < 4.78 is 6.03. The van der Waals surface area contributed by atoms with Crippen molar-refractivity contribution in [3.05, 3.63) is 41.6 Å². The van der Waals surface area contributed by atoms with E-state index in [0.717, 1.165) is 42.3 Å². The Morgan fingerprint density at radius 1 is 1.38 bits per heavy atom. The van der Waals surface area contributed by atoms with Crippen molar-refractivity contribution in [3.63, 3.8) is 0 Å². The molecule has 0 saturated carbocycles. The van der Waals surface area contributed by atoms with E-state index in [4.69, 9.17) is 10.5 Å². The number of aliphatic hydroxyl groups excluding tert-OH is 1. The summed E-state index contributed by atoms with van der Waals surface area (Å²) >= 11 is 0. The highest BCUT2D eigenvalue weighted by Crippen LogP contribution is 2.44. The molecule has 4 rings (SSSR count). The van der Waals surface area contributed by atoms with E-state index in [1.807, 2.05) is 31.2 Å². The lowest BCUT2D eigenvalue weighted by atomic mass is 9.75. The molecule has 1 aromatic carbocycles. The first-order valence-electron chi connectivity index (χ1n) is 8.27. The van der Waals surface area contributed by atoms with Crippen LogP contribution in [0.15, 0.2) is 30.3 Å². The summed E-state index contributed by atoms with van der Waals surface area (Å²) in [5.41, 5.74) is 7.59. The van der Waals surface area contributed by atoms with Gasteiger partial charge in [0.05, 0.1) is 13.2 Å². The van der Waals surface area contributed by atoms with Crippen molar-refractivity contribution < 1.29 is 9.84 Å². The summed E-state index contributed by atoms with van der Waals surface area (Å²) in [4.78, 5) is 10.7. The van der Waals surface area contributed by atoms with Crippen molar-refractivity contribution in [2.75, 3.05) is 36.9 Å². The normalized spacial score (nSPS) is 25.6. The highest BCUT2D eigenvalue weighted by atomic mass is 16.5. The van der Waals surface area contributed by atoms with Gasteiger partial charge in [-0.25, -0.2) is 4.98 Å². The fraction of sp³-hybridized carbons (Fsp3) is 0.444. The van der Waals surface area contributed by atoms with Gasteiger partial charge < -0.3 is 20.5 Å². The molecule has 6 nitrogen and oxygen atoms in total. The average Bonchev–Trinajstić information content (AvgIpc) is 2.85. The summed E-state index contributed by atoms with van der Waals surface area (Å²) in [6.07, 6.45) is 0.806. The Bertz CT molecular complexity index is 746. The van der Waals surface area contributed by atoms with Gasteiger partial charge in [0.1, 0.15) is 11.6 Å². The Morgan fingerprint density at radius 2 is 2.21 bits per heavy atom. The zero-order valence-corrected chi connectivity index (χ0v) is 13.8. The molecule has 2 unspecified atom stereocenters.